The maximum Gasteiger partial charge on any atom is 0.280 e. The monoisotopic (exact) mass is 389 g/mol. The van der Waals surface area contributed by atoms with E-state index in [9.17, 15) is 9.18 Å². The van der Waals surface area contributed by atoms with Crippen molar-refractivity contribution < 1.29 is 13.9 Å². The van der Waals surface area contributed by atoms with Gasteiger partial charge in [-0.3, -0.25) is 19.3 Å². The van der Waals surface area contributed by atoms with Crippen molar-refractivity contribution in [3.63, 3.8) is 0 Å². The van der Waals surface area contributed by atoms with Crippen LogP contribution in [-0.2, 0) is 11.8 Å². The Morgan fingerprint density at radius 2 is 2.15 bits per heavy atom. The van der Waals surface area contributed by atoms with Crippen molar-refractivity contribution in [1.29, 1.82) is 0 Å². The molecule has 0 radical (unpaired) electrons. The third kappa shape index (κ3) is 3.85. The minimum atomic E-state index is -0.381. The molecule has 1 aromatic carbocycles. The molecule has 0 spiro atoms. The molecule has 1 fully saturated rings. The van der Waals surface area contributed by atoms with Crippen molar-refractivity contribution in [2.24, 2.45) is 7.05 Å². The molecule has 7 nitrogen and oxygen atoms in total. The van der Waals surface area contributed by atoms with E-state index in [-0.39, 0.29) is 11.7 Å². The number of nitrogens with zero attached hydrogens (tertiary/aromatic N) is 5. The van der Waals surface area contributed by atoms with Crippen LogP contribution in [0.5, 0.6) is 0 Å². The predicted molar refractivity (Wildman–Crippen MR) is 102 cm³/mol. The van der Waals surface area contributed by atoms with Crippen LogP contribution < -0.4 is 4.90 Å². The van der Waals surface area contributed by atoms with Gasteiger partial charge in [-0.15, -0.1) is 0 Å². The molecule has 1 amide bonds. The van der Waals surface area contributed by atoms with Crippen molar-refractivity contribution in [3.05, 3.63) is 42.0 Å². The molecular formula is C18H20FN5O2S. The van der Waals surface area contributed by atoms with Crippen LogP contribution in [-0.4, -0.2) is 65.0 Å². The van der Waals surface area contributed by atoms with E-state index < -0.39 is 0 Å². The van der Waals surface area contributed by atoms with E-state index in [4.69, 9.17) is 4.74 Å². The normalized spacial score (nSPS) is 15.3. The lowest BCUT2D eigenvalue weighted by molar-refractivity contribution is 0.0391. The van der Waals surface area contributed by atoms with Gasteiger partial charge in [-0.05, 0) is 18.2 Å². The van der Waals surface area contributed by atoms with Gasteiger partial charge < -0.3 is 4.74 Å². The summed E-state index contributed by atoms with van der Waals surface area (Å²) in [5.41, 5.74) is 0.641. The highest BCUT2D eigenvalue weighted by Gasteiger charge is 2.24. The molecule has 1 aliphatic rings. The maximum atomic E-state index is 14.1. The van der Waals surface area contributed by atoms with Crippen LogP contribution >= 0.6 is 11.3 Å². The number of anilines is 1. The summed E-state index contributed by atoms with van der Waals surface area (Å²) >= 11 is 1.31. The summed E-state index contributed by atoms with van der Waals surface area (Å²) in [6.45, 7) is 4.21. The Morgan fingerprint density at radius 3 is 2.85 bits per heavy atom. The number of rotatable bonds is 5. The van der Waals surface area contributed by atoms with Gasteiger partial charge in [0.2, 0.25) is 0 Å². The first kappa shape index (κ1) is 18.0. The zero-order valence-corrected chi connectivity index (χ0v) is 15.8. The lowest BCUT2D eigenvalue weighted by atomic mass is 10.3. The summed E-state index contributed by atoms with van der Waals surface area (Å²) in [5, 5.41) is 4.70. The highest BCUT2D eigenvalue weighted by molar-refractivity contribution is 7.22. The largest absolute Gasteiger partial charge is 0.379 e. The number of carbonyl (C=O) groups is 1. The third-order valence-electron chi connectivity index (χ3n) is 4.51. The molecule has 4 rings (SSSR count). The Kier molecular flexibility index (Phi) is 5.15. The van der Waals surface area contributed by atoms with Crippen LogP contribution in [0.4, 0.5) is 9.52 Å². The Labute approximate surface area is 160 Å². The molecule has 1 aliphatic heterocycles. The molecule has 0 N–H and O–H groups in total. The smallest absolute Gasteiger partial charge is 0.280 e. The fourth-order valence-corrected chi connectivity index (χ4v) is 4.04. The van der Waals surface area contributed by atoms with Gasteiger partial charge in [-0.1, -0.05) is 17.4 Å². The standard InChI is InChI=1S/C18H20FN5O2S/c1-22-6-5-14(21-22)17(25)24(8-7-23-9-11-26-12-10-23)18-20-16-13(19)3-2-4-15(16)27-18/h2-6H,7-12H2,1H3. The van der Waals surface area contributed by atoms with Crippen LogP contribution in [0.1, 0.15) is 10.5 Å². The molecule has 0 aliphatic carbocycles. The summed E-state index contributed by atoms with van der Waals surface area (Å²) in [6.07, 6.45) is 1.73. The van der Waals surface area contributed by atoms with Gasteiger partial charge in [0.05, 0.1) is 17.9 Å². The maximum absolute atomic E-state index is 14.1. The summed E-state index contributed by atoms with van der Waals surface area (Å²) < 4.78 is 21.8. The second-order valence-electron chi connectivity index (χ2n) is 6.37. The van der Waals surface area contributed by atoms with Crippen molar-refractivity contribution in [2.75, 3.05) is 44.3 Å². The SMILES string of the molecule is Cn1ccc(C(=O)N(CCN2CCOCC2)c2nc3c(F)cccc3s2)n1. The summed E-state index contributed by atoms with van der Waals surface area (Å²) in [5.74, 6) is -0.614. The molecule has 3 aromatic rings. The Bertz CT molecular complexity index is 950. The van der Waals surface area contributed by atoms with Gasteiger partial charge in [0.15, 0.2) is 10.8 Å². The zero-order chi connectivity index (χ0) is 18.8. The quantitative estimate of drug-likeness (QED) is 0.669. The summed E-state index contributed by atoms with van der Waals surface area (Å²) in [7, 11) is 1.77. The number of fused-ring (bicyclic) bond motifs is 1. The minimum Gasteiger partial charge on any atom is -0.379 e. The third-order valence-corrected chi connectivity index (χ3v) is 5.55. The average Bonchev–Trinajstić information content (AvgIpc) is 3.30. The molecular weight excluding hydrogens is 369 g/mol. The number of benzene rings is 1. The summed E-state index contributed by atoms with van der Waals surface area (Å²) in [6, 6.07) is 6.52. The zero-order valence-electron chi connectivity index (χ0n) is 15.0. The lowest BCUT2D eigenvalue weighted by Crippen LogP contribution is -2.43. The second-order valence-corrected chi connectivity index (χ2v) is 7.38. The van der Waals surface area contributed by atoms with Crippen LogP contribution in [0.15, 0.2) is 30.5 Å². The second kappa shape index (κ2) is 7.71. The Hall–Kier alpha value is -2.36. The molecule has 0 saturated carbocycles. The van der Waals surface area contributed by atoms with E-state index >= 15 is 0 Å². The number of ether oxygens (including phenoxy) is 1. The number of amides is 1. The van der Waals surface area contributed by atoms with E-state index in [0.29, 0.717) is 42.6 Å². The van der Waals surface area contributed by atoms with Gasteiger partial charge >= 0.3 is 0 Å². The van der Waals surface area contributed by atoms with Crippen LogP contribution in [0.25, 0.3) is 10.2 Å². The van der Waals surface area contributed by atoms with Crippen molar-refractivity contribution in [2.45, 2.75) is 0 Å². The van der Waals surface area contributed by atoms with Gasteiger partial charge in [0.1, 0.15) is 11.3 Å². The highest BCUT2D eigenvalue weighted by atomic mass is 32.1. The first-order valence-electron chi connectivity index (χ1n) is 8.78. The fourth-order valence-electron chi connectivity index (χ4n) is 3.04. The number of morpholine rings is 1. The number of halogens is 1. The van der Waals surface area contributed by atoms with Gasteiger partial charge in [-0.25, -0.2) is 9.37 Å². The molecule has 0 atom stereocenters. The number of carbonyl (C=O) groups excluding carboxylic acids is 1. The molecule has 0 unspecified atom stereocenters. The van der Waals surface area contributed by atoms with Gasteiger partial charge in [0.25, 0.3) is 5.91 Å². The van der Waals surface area contributed by atoms with Gasteiger partial charge in [0, 0.05) is 39.4 Å². The van der Waals surface area contributed by atoms with E-state index in [0.717, 1.165) is 17.8 Å². The highest BCUT2D eigenvalue weighted by Crippen LogP contribution is 2.31. The number of hydrogen-bond donors (Lipinski definition) is 0. The number of aryl methyl sites for hydroxylation is 1. The number of thiazole rings is 1. The number of aromatic nitrogens is 3. The first-order chi connectivity index (χ1) is 13.1. The Morgan fingerprint density at radius 1 is 1.33 bits per heavy atom. The molecule has 0 bridgehead atoms. The molecule has 2 aromatic heterocycles. The van der Waals surface area contributed by atoms with Crippen molar-refractivity contribution >= 4 is 32.6 Å². The van der Waals surface area contributed by atoms with Crippen molar-refractivity contribution in [3.8, 4) is 0 Å². The van der Waals surface area contributed by atoms with Crippen LogP contribution in [0.2, 0.25) is 0 Å². The van der Waals surface area contributed by atoms with Gasteiger partial charge in [-0.2, -0.15) is 5.10 Å². The van der Waals surface area contributed by atoms with Crippen LogP contribution in [0, 0.1) is 5.82 Å². The molecule has 9 heteroatoms. The predicted octanol–water partition coefficient (Wildman–Crippen LogP) is 2.15. The summed E-state index contributed by atoms with van der Waals surface area (Å²) in [4.78, 5) is 21.3. The topological polar surface area (TPSA) is 63.5 Å². The Balaban J connectivity index is 1.63. The van der Waals surface area contributed by atoms with E-state index in [1.807, 2.05) is 6.07 Å². The number of hydrogen-bond acceptors (Lipinski definition) is 6. The van der Waals surface area contributed by atoms with E-state index in [2.05, 4.69) is 15.0 Å². The first-order valence-corrected chi connectivity index (χ1v) is 9.60. The van der Waals surface area contributed by atoms with Crippen molar-refractivity contribution in [1.82, 2.24) is 19.7 Å². The molecule has 1 saturated heterocycles. The van der Waals surface area contributed by atoms with Crippen LogP contribution in [0.3, 0.4) is 0 Å². The molecule has 3 heterocycles. The average molecular weight is 389 g/mol. The fraction of sp³-hybridized carbons (Fsp3) is 0.389. The lowest BCUT2D eigenvalue weighted by Gasteiger charge is -2.29. The van der Waals surface area contributed by atoms with E-state index in [1.54, 1.807) is 35.0 Å². The number of para-hydroxylation sites is 1. The molecule has 142 valence electrons. The van der Waals surface area contributed by atoms with E-state index in [1.165, 1.54) is 17.4 Å². The molecule has 27 heavy (non-hydrogen) atoms. The minimum absolute atomic E-state index is 0.233.